The third-order valence-corrected chi connectivity index (χ3v) is 3.00. The molecular formula is C12H29N5. The molecule has 1 fully saturated rings. The van der Waals surface area contributed by atoms with Crippen molar-refractivity contribution in [3.63, 3.8) is 0 Å². The van der Waals surface area contributed by atoms with Gasteiger partial charge in [-0.05, 0) is 39.5 Å². The quantitative estimate of drug-likeness (QED) is 0.503. The lowest BCUT2D eigenvalue weighted by molar-refractivity contribution is 0.255. The summed E-state index contributed by atoms with van der Waals surface area (Å²) >= 11 is 0. The van der Waals surface area contributed by atoms with E-state index in [1.165, 1.54) is 19.4 Å². The van der Waals surface area contributed by atoms with Crippen LogP contribution in [-0.2, 0) is 0 Å². The summed E-state index contributed by atoms with van der Waals surface area (Å²) in [5.41, 5.74) is 0. The van der Waals surface area contributed by atoms with Crippen LogP contribution in [0.4, 0.5) is 0 Å². The molecule has 0 amide bonds. The predicted molar refractivity (Wildman–Crippen MR) is 73.3 cm³/mol. The highest BCUT2D eigenvalue weighted by Crippen LogP contribution is 1.89. The molecule has 0 aliphatic carbocycles. The first-order valence-corrected chi connectivity index (χ1v) is 6.92. The van der Waals surface area contributed by atoms with Gasteiger partial charge >= 0.3 is 0 Å². The van der Waals surface area contributed by atoms with E-state index in [1.54, 1.807) is 0 Å². The first-order valence-electron chi connectivity index (χ1n) is 6.92. The van der Waals surface area contributed by atoms with Crippen molar-refractivity contribution in [3.8, 4) is 0 Å². The van der Waals surface area contributed by atoms with Crippen LogP contribution in [0.15, 0.2) is 0 Å². The second kappa shape index (κ2) is 10.9. The molecule has 17 heavy (non-hydrogen) atoms. The molecule has 5 nitrogen and oxygen atoms in total. The molecule has 5 heteroatoms. The van der Waals surface area contributed by atoms with Crippen LogP contribution in [0.2, 0.25) is 0 Å². The molecule has 0 radical (unpaired) electrons. The normalized spacial score (nSPS) is 23.1. The topological polar surface area (TPSA) is 51.4 Å². The monoisotopic (exact) mass is 243 g/mol. The molecule has 1 saturated heterocycles. The van der Waals surface area contributed by atoms with E-state index in [9.17, 15) is 0 Å². The minimum atomic E-state index is 0.989. The van der Waals surface area contributed by atoms with Gasteiger partial charge < -0.3 is 21.3 Å². The van der Waals surface area contributed by atoms with Crippen molar-refractivity contribution in [1.29, 1.82) is 0 Å². The Kier molecular flexibility index (Phi) is 9.55. The highest BCUT2D eigenvalue weighted by molar-refractivity contribution is 4.62. The Morgan fingerprint density at radius 3 is 2.18 bits per heavy atom. The molecule has 102 valence electrons. The molecule has 1 rings (SSSR count). The fourth-order valence-corrected chi connectivity index (χ4v) is 2.05. The first kappa shape index (κ1) is 14.9. The maximum absolute atomic E-state index is 3.50. The zero-order valence-corrected chi connectivity index (χ0v) is 11.2. The summed E-state index contributed by atoms with van der Waals surface area (Å²) in [6.45, 7) is 9.91. The molecular weight excluding hydrogens is 214 g/mol. The summed E-state index contributed by atoms with van der Waals surface area (Å²) in [5, 5.41) is 13.7. The minimum Gasteiger partial charge on any atom is -0.315 e. The summed E-state index contributed by atoms with van der Waals surface area (Å²) in [5.74, 6) is 0. The van der Waals surface area contributed by atoms with E-state index in [1.807, 2.05) is 7.05 Å². The van der Waals surface area contributed by atoms with E-state index in [2.05, 4.69) is 26.2 Å². The molecule has 1 aliphatic heterocycles. The SMILES string of the molecule is CNCN1CCCNCCNCCCNCC1. The lowest BCUT2D eigenvalue weighted by atomic mass is 10.3. The molecule has 1 heterocycles. The molecule has 0 bridgehead atoms. The third kappa shape index (κ3) is 8.51. The number of hydrogen-bond donors (Lipinski definition) is 4. The van der Waals surface area contributed by atoms with Gasteiger partial charge in [0.05, 0.1) is 0 Å². The van der Waals surface area contributed by atoms with Crippen molar-refractivity contribution in [3.05, 3.63) is 0 Å². The first-order chi connectivity index (χ1) is 8.43. The van der Waals surface area contributed by atoms with Crippen LogP contribution in [0.25, 0.3) is 0 Å². The van der Waals surface area contributed by atoms with E-state index in [0.717, 1.165) is 52.5 Å². The van der Waals surface area contributed by atoms with E-state index in [4.69, 9.17) is 0 Å². The van der Waals surface area contributed by atoms with E-state index >= 15 is 0 Å². The zero-order valence-electron chi connectivity index (χ0n) is 11.2. The lowest BCUT2D eigenvalue weighted by Gasteiger charge is -2.22. The minimum absolute atomic E-state index is 0.989. The molecule has 0 spiro atoms. The third-order valence-electron chi connectivity index (χ3n) is 3.00. The van der Waals surface area contributed by atoms with Crippen molar-refractivity contribution >= 4 is 0 Å². The van der Waals surface area contributed by atoms with Gasteiger partial charge in [0.25, 0.3) is 0 Å². The average Bonchev–Trinajstić information content (AvgIpc) is 2.34. The van der Waals surface area contributed by atoms with Gasteiger partial charge in [0.15, 0.2) is 0 Å². The van der Waals surface area contributed by atoms with Gasteiger partial charge in [-0.1, -0.05) is 0 Å². The van der Waals surface area contributed by atoms with Crippen LogP contribution in [0, 0.1) is 0 Å². The summed E-state index contributed by atoms with van der Waals surface area (Å²) in [7, 11) is 2.02. The maximum atomic E-state index is 3.50. The fourth-order valence-electron chi connectivity index (χ4n) is 2.05. The Morgan fingerprint density at radius 1 is 0.824 bits per heavy atom. The average molecular weight is 243 g/mol. The molecule has 1 aliphatic rings. The summed E-state index contributed by atoms with van der Waals surface area (Å²) in [6, 6.07) is 0. The molecule has 0 saturated carbocycles. The molecule has 0 aromatic carbocycles. The highest BCUT2D eigenvalue weighted by atomic mass is 15.2. The maximum Gasteiger partial charge on any atom is 0.0478 e. The Bertz CT molecular complexity index is 151. The van der Waals surface area contributed by atoms with Crippen molar-refractivity contribution in [2.75, 3.05) is 66.1 Å². The molecule has 4 N–H and O–H groups in total. The van der Waals surface area contributed by atoms with Crippen molar-refractivity contribution < 1.29 is 0 Å². The van der Waals surface area contributed by atoms with Gasteiger partial charge in [-0.3, -0.25) is 4.90 Å². The van der Waals surface area contributed by atoms with Gasteiger partial charge in [-0.2, -0.15) is 0 Å². The van der Waals surface area contributed by atoms with Crippen LogP contribution in [-0.4, -0.2) is 71.0 Å². The van der Waals surface area contributed by atoms with Crippen molar-refractivity contribution in [2.24, 2.45) is 0 Å². The number of nitrogens with one attached hydrogen (secondary N) is 4. The predicted octanol–water partition coefficient (Wildman–Crippen LogP) is -0.972. The molecule has 0 aromatic rings. The van der Waals surface area contributed by atoms with Gasteiger partial charge in [0.2, 0.25) is 0 Å². The highest BCUT2D eigenvalue weighted by Gasteiger charge is 2.03. The van der Waals surface area contributed by atoms with Crippen molar-refractivity contribution in [1.82, 2.24) is 26.2 Å². The Balaban J connectivity index is 2.19. The number of nitrogens with zero attached hydrogens (tertiary/aromatic N) is 1. The largest absolute Gasteiger partial charge is 0.315 e. The van der Waals surface area contributed by atoms with Crippen LogP contribution in [0.5, 0.6) is 0 Å². The summed E-state index contributed by atoms with van der Waals surface area (Å²) < 4.78 is 0. The summed E-state index contributed by atoms with van der Waals surface area (Å²) in [4.78, 5) is 2.47. The van der Waals surface area contributed by atoms with Crippen LogP contribution in [0.1, 0.15) is 12.8 Å². The zero-order chi connectivity index (χ0) is 12.2. The van der Waals surface area contributed by atoms with E-state index in [0.29, 0.717) is 0 Å². The van der Waals surface area contributed by atoms with Crippen molar-refractivity contribution in [2.45, 2.75) is 12.8 Å². The van der Waals surface area contributed by atoms with Gasteiger partial charge in [-0.15, -0.1) is 0 Å². The number of rotatable bonds is 2. The van der Waals surface area contributed by atoms with E-state index in [-0.39, 0.29) is 0 Å². The second-order valence-corrected chi connectivity index (χ2v) is 4.59. The Hall–Kier alpha value is -0.200. The van der Waals surface area contributed by atoms with Gasteiger partial charge in [-0.25, -0.2) is 0 Å². The molecule has 0 atom stereocenters. The van der Waals surface area contributed by atoms with Crippen LogP contribution >= 0.6 is 0 Å². The Morgan fingerprint density at radius 2 is 1.47 bits per heavy atom. The van der Waals surface area contributed by atoms with Gasteiger partial charge in [0.1, 0.15) is 0 Å². The van der Waals surface area contributed by atoms with Crippen LogP contribution in [0.3, 0.4) is 0 Å². The molecule has 0 aromatic heterocycles. The fraction of sp³-hybridized carbons (Fsp3) is 1.00. The number of hydrogen-bond acceptors (Lipinski definition) is 5. The standard InChI is InChI=1S/C12H29N5/c1-13-12-17-10-3-6-15-8-7-14-4-2-5-16-9-11-17/h13-16H,2-12H2,1H3. The Labute approximate surface area is 106 Å². The molecule has 0 unspecified atom stereocenters. The smallest absolute Gasteiger partial charge is 0.0478 e. The lowest BCUT2D eigenvalue weighted by Crippen LogP contribution is -2.40. The summed E-state index contributed by atoms with van der Waals surface area (Å²) in [6.07, 6.45) is 2.44. The van der Waals surface area contributed by atoms with Crippen LogP contribution < -0.4 is 21.3 Å². The second-order valence-electron chi connectivity index (χ2n) is 4.59. The van der Waals surface area contributed by atoms with Gasteiger partial charge in [0, 0.05) is 39.4 Å². The van der Waals surface area contributed by atoms with E-state index < -0.39 is 0 Å².